The minimum atomic E-state index is -0.562. The summed E-state index contributed by atoms with van der Waals surface area (Å²) in [6.45, 7) is 9.01. The number of thioether (sulfide) groups is 1. The van der Waals surface area contributed by atoms with Crippen LogP contribution in [-0.4, -0.2) is 36.6 Å². The number of hydrogen-bond acceptors (Lipinski definition) is 4. The molecular formula is C28H34N2O2S. The Bertz CT molecular complexity index is 1060. The van der Waals surface area contributed by atoms with Gasteiger partial charge in [0.05, 0.1) is 5.75 Å². The normalized spacial score (nSPS) is 11.6. The highest BCUT2D eigenvalue weighted by atomic mass is 32.2. The summed E-state index contributed by atoms with van der Waals surface area (Å²) < 4.78 is 0. The van der Waals surface area contributed by atoms with E-state index in [4.69, 9.17) is 0 Å². The maximum absolute atomic E-state index is 12.5. The van der Waals surface area contributed by atoms with Gasteiger partial charge in [-0.1, -0.05) is 61.6 Å². The third-order valence-corrected chi connectivity index (χ3v) is 5.79. The van der Waals surface area contributed by atoms with Crippen molar-refractivity contribution in [1.82, 2.24) is 10.6 Å². The fourth-order valence-electron chi connectivity index (χ4n) is 3.00. The second-order valence-electron chi connectivity index (χ2n) is 8.84. The van der Waals surface area contributed by atoms with Gasteiger partial charge >= 0.3 is 0 Å². The number of carbonyl (C=O) groups is 2. The number of carbonyl (C=O) groups excluding carboxylic acids is 2. The van der Waals surface area contributed by atoms with Gasteiger partial charge in [-0.2, -0.15) is 0 Å². The van der Waals surface area contributed by atoms with Crippen LogP contribution in [0.15, 0.2) is 47.4 Å². The third kappa shape index (κ3) is 10.2. The average molecular weight is 463 g/mol. The van der Waals surface area contributed by atoms with Crippen molar-refractivity contribution in [3.05, 3.63) is 42.5 Å². The predicted octanol–water partition coefficient (Wildman–Crippen LogP) is 4.82. The lowest BCUT2D eigenvalue weighted by Crippen LogP contribution is -2.41. The zero-order valence-electron chi connectivity index (χ0n) is 20.1. The molecule has 0 spiro atoms. The van der Waals surface area contributed by atoms with Gasteiger partial charge in [-0.15, -0.1) is 11.8 Å². The summed E-state index contributed by atoms with van der Waals surface area (Å²) in [7, 11) is 0. The molecule has 0 heterocycles. The maximum Gasteiger partial charge on any atom is 0.230 e. The molecule has 1 atom stereocenters. The van der Waals surface area contributed by atoms with Crippen LogP contribution in [0.1, 0.15) is 47.0 Å². The third-order valence-electron chi connectivity index (χ3n) is 4.72. The highest BCUT2D eigenvalue weighted by molar-refractivity contribution is 8.00. The monoisotopic (exact) mass is 462 g/mol. The van der Waals surface area contributed by atoms with Gasteiger partial charge in [0.25, 0.3) is 0 Å². The molecule has 2 rings (SSSR count). The van der Waals surface area contributed by atoms with Crippen molar-refractivity contribution in [1.29, 1.82) is 0 Å². The largest absolute Gasteiger partial charge is 0.354 e. The molecule has 2 aromatic carbocycles. The molecule has 0 aliphatic carbocycles. The Morgan fingerprint density at radius 1 is 1.03 bits per heavy atom. The van der Waals surface area contributed by atoms with Crippen LogP contribution in [0.2, 0.25) is 0 Å². The van der Waals surface area contributed by atoms with Crippen molar-refractivity contribution in [2.45, 2.75) is 57.9 Å². The lowest BCUT2D eigenvalue weighted by atomic mass is 9.98. The van der Waals surface area contributed by atoms with E-state index in [9.17, 15) is 9.59 Å². The Balaban J connectivity index is 1.83. The number of Topliss-reactive ketones (excluding diaryl/α,β-unsaturated/α-hetero) is 1. The van der Waals surface area contributed by atoms with Crippen molar-refractivity contribution >= 4 is 34.2 Å². The Hall–Kier alpha value is -2.73. The number of rotatable bonds is 11. The minimum absolute atomic E-state index is 0.0364. The number of unbranched alkanes of at least 4 members (excludes halogenated alkanes) is 1. The first-order valence-electron chi connectivity index (χ1n) is 11.5. The van der Waals surface area contributed by atoms with Crippen LogP contribution in [0.5, 0.6) is 0 Å². The molecule has 33 heavy (non-hydrogen) atoms. The molecule has 0 bridgehead atoms. The Kier molecular flexibility index (Phi) is 11.0. The molecule has 0 aliphatic heterocycles. The first kappa shape index (κ1) is 26.5. The fourth-order valence-corrected chi connectivity index (χ4v) is 3.91. The zero-order valence-corrected chi connectivity index (χ0v) is 20.9. The molecule has 1 unspecified atom stereocenters. The van der Waals surface area contributed by atoms with Crippen molar-refractivity contribution in [2.24, 2.45) is 5.41 Å². The number of benzene rings is 2. The molecule has 1 amide bonds. The van der Waals surface area contributed by atoms with Gasteiger partial charge in [-0.25, -0.2) is 0 Å². The quantitative estimate of drug-likeness (QED) is 0.286. The van der Waals surface area contributed by atoms with Crippen LogP contribution in [0.4, 0.5) is 0 Å². The van der Waals surface area contributed by atoms with Crippen LogP contribution in [0.25, 0.3) is 10.8 Å². The average Bonchev–Trinajstić information content (AvgIpc) is 2.79. The van der Waals surface area contributed by atoms with Gasteiger partial charge in [-0.3, -0.25) is 14.9 Å². The Labute approximate surface area is 202 Å². The molecule has 2 aromatic rings. The summed E-state index contributed by atoms with van der Waals surface area (Å²) in [5.41, 5.74) is -0.127. The van der Waals surface area contributed by atoms with Gasteiger partial charge in [0.1, 0.15) is 6.04 Å². The van der Waals surface area contributed by atoms with E-state index in [1.165, 1.54) is 17.1 Å². The molecule has 0 fully saturated rings. The van der Waals surface area contributed by atoms with Gasteiger partial charge in [0.2, 0.25) is 5.91 Å². The second-order valence-corrected chi connectivity index (χ2v) is 9.86. The summed E-state index contributed by atoms with van der Waals surface area (Å²) in [5.74, 6) is 12.0. The summed E-state index contributed by atoms with van der Waals surface area (Å²) in [6, 6.07) is 13.7. The summed E-state index contributed by atoms with van der Waals surface area (Å²) in [4.78, 5) is 25.9. The van der Waals surface area contributed by atoms with E-state index >= 15 is 0 Å². The highest BCUT2D eigenvalue weighted by Gasteiger charge is 2.14. The standard InChI is InChI=1S/C28H34N2O2S/c1-5-6-16-25(31)24(15-9-10-18-28(2,3)4)29-19-20-30-27(32)21-33-26-17-11-13-22-12-7-8-14-23(22)26/h7-8,11-14,17,24,29H,5-6,16,19-21H2,1-4H3,(H,30,32). The van der Waals surface area contributed by atoms with Crippen molar-refractivity contribution in [3.8, 4) is 23.7 Å². The number of ketones is 1. The molecule has 5 heteroatoms. The SMILES string of the molecule is CCCCC(=O)C(C#CC#CC(C)(C)C)NCCNC(=O)CSc1cccc2ccccc12. The van der Waals surface area contributed by atoms with Crippen molar-refractivity contribution in [2.75, 3.05) is 18.8 Å². The Morgan fingerprint density at radius 2 is 1.79 bits per heavy atom. The molecule has 2 N–H and O–H groups in total. The predicted molar refractivity (Wildman–Crippen MR) is 139 cm³/mol. The first-order chi connectivity index (χ1) is 15.8. The molecular weight excluding hydrogens is 428 g/mol. The second kappa shape index (κ2) is 13.7. The fraction of sp³-hybridized carbons (Fsp3) is 0.429. The number of fused-ring (bicyclic) bond motifs is 1. The van der Waals surface area contributed by atoms with Crippen LogP contribution in [0.3, 0.4) is 0 Å². The van der Waals surface area contributed by atoms with Crippen LogP contribution < -0.4 is 10.6 Å². The summed E-state index contributed by atoms with van der Waals surface area (Å²) in [5, 5.41) is 8.40. The van der Waals surface area contributed by atoms with E-state index in [0.29, 0.717) is 25.3 Å². The minimum Gasteiger partial charge on any atom is -0.354 e. The van der Waals surface area contributed by atoms with Gasteiger partial charge in [0.15, 0.2) is 5.78 Å². The zero-order chi connectivity index (χ0) is 24.1. The summed E-state index contributed by atoms with van der Waals surface area (Å²) in [6.07, 6.45) is 2.29. The van der Waals surface area contributed by atoms with Gasteiger partial charge < -0.3 is 5.32 Å². The molecule has 0 aliphatic rings. The topological polar surface area (TPSA) is 58.2 Å². The molecule has 0 aromatic heterocycles. The number of hydrogen-bond donors (Lipinski definition) is 2. The van der Waals surface area contributed by atoms with E-state index in [0.717, 1.165) is 23.1 Å². The molecule has 4 nitrogen and oxygen atoms in total. The number of amides is 1. The van der Waals surface area contributed by atoms with Crippen molar-refractivity contribution < 1.29 is 9.59 Å². The molecule has 0 radical (unpaired) electrons. The van der Waals surface area contributed by atoms with E-state index in [-0.39, 0.29) is 17.1 Å². The van der Waals surface area contributed by atoms with E-state index in [1.807, 2.05) is 45.0 Å². The lowest BCUT2D eigenvalue weighted by Gasteiger charge is -2.12. The van der Waals surface area contributed by atoms with Gasteiger partial charge in [-0.05, 0) is 55.9 Å². The van der Waals surface area contributed by atoms with Gasteiger partial charge in [0, 0.05) is 29.8 Å². The van der Waals surface area contributed by atoms with Crippen LogP contribution in [0, 0.1) is 29.1 Å². The van der Waals surface area contributed by atoms with E-state index in [2.05, 4.69) is 59.4 Å². The number of nitrogens with one attached hydrogen (secondary N) is 2. The first-order valence-corrected chi connectivity index (χ1v) is 12.4. The Morgan fingerprint density at radius 3 is 2.55 bits per heavy atom. The smallest absolute Gasteiger partial charge is 0.230 e. The molecule has 174 valence electrons. The van der Waals surface area contributed by atoms with Crippen molar-refractivity contribution in [3.63, 3.8) is 0 Å². The molecule has 0 saturated carbocycles. The lowest BCUT2D eigenvalue weighted by molar-refractivity contribution is -0.119. The highest BCUT2D eigenvalue weighted by Crippen LogP contribution is 2.27. The van der Waals surface area contributed by atoms with Crippen LogP contribution in [-0.2, 0) is 9.59 Å². The molecule has 0 saturated heterocycles. The summed E-state index contributed by atoms with van der Waals surface area (Å²) >= 11 is 1.53. The maximum atomic E-state index is 12.5. The van der Waals surface area contributed by atoms with E-state index < -0.39 is 6.04 Å². The van der Waals surface area contributed by atoms with E-state index in [1.54, 1.807) is 0 Å². The van der Waals surface area contributed by atoms with Crippen LogP contribution >= 0.6 is 11.8 Å².